The van der Waals surface area contributed by atoms with Crippen molar-refractivity contribution in [3.63, 3.8) is 0 Å². The summed E-state index contributed by atoms with van der Waals surface area (Å²) in [4.78, 5) is 9.60. The lowest BCUT2D eigenvalue weighted by molar-refractivity contribution is 0.255. The molecule has 1 aliphatic heterocycles. The molecule has 2 heterocycles. The Kier molecular flexibility index (Phi) is 4.93. The fraction of sp³-hybridized carbons (Fsp3) is 0.318. The molecule has 0 unspecified atom stereocenters. The lowest BCUT2D eigenvalue weighted by atomic mass is 10.1. The number of nitrogens with zero attached hydrogens (tertiary/aromatic N) is 3. The fourth-order valence-corrected chi connectivity index (χ4v) is 3.72. The summed E-state index contributed by atoms with van der Waals surface area (Å²) in [6.07, 6.45) is 4.35. The zero-order chi connectivity index (χ0) is 16.9. The van der Waals surface area contributed by atoms with E-state index >= 15 is 0 Å². The quantitative estimate of drug-likeness (QED) is 0.705. The number of hydrogen-bond donors (Lipinski definition) is 0. The van der Waals surface area contributed by atoms with Crippen molar-refractivity contribution < 1.29 is 0 Å². The Labute approximate surface area is 149 Å². The Morgan fingerprint density at radius 3 is 2.40 bits per heavy atom. The maximum absolute atomic E-state index is 4.48. The lowest BCUT2D eigenvalue weighted by Crippen LogP contribution is -2.46. The van der Waals surface area contributed by atoms with Crippen molar-refractivity contribution in [1.29, 1.82) is 0 Å². The van der Waals surface area contributed by atoms with Gasteiger partial charge in [0.2, 0.25) is 0 Å². The normalized spacial score (nSPS) is 15.6. The second-order valence-corrected chi connectivity index (χ2v) is 6.77. The first-order chi connectivity index (χ1) is 12.4. The SMILES string of the molecule is c1ccc(CCCN2CCN(c3ccnc4ccccc34)CC2)cc1. The molecule has 2 aromatic carbocycles. The van der Waals surface area contributed by atoms with Crippen LogP contribution in [0.3, 0.4) is 0 Å². The van der Waals surface area contributed by atoms with E-state index in [1.54, 1.807) is 0 Å². The van der Waals surface area contributed by atoms with Gasteiger partial charge in [-0.25, -0.2) is 0 Å². The Hall–Kier alpha value is -2.39. The first-order valence-corrected chi connectivity index (χ1v) is 9.25. The highest BCUT2D eigenvalue weighted by Gasteiger charge is 2.18. The highest BCUT2D eigenvalue weighted by Crippen LogP contribution is 2.26. The molecule has 1 aliphatic rings. The highest BCUT2D eigenvalue weighted by molar-refractivity contribution is 5.91. The first-order valence-electron chi connectivity index (χ1n) is 9.25. The van der Waals surface area contributed by atoms with Gasteiger partial charge in [-0.2, -0.15) is 0 Å². The highest BCUT2D eigenvalue weighted by atomic mass is 15.3. The average molecular weight is 331 g/mol. The van der Waals surface area contributed by atoms with Gasteiger partial charge < -0.3 is 4.90 Å². The summed E-state index contributed by atoms with van der Waals surface area (Å²) in [5, 5.41) is 1.27. The summed E-state index contributed by atoms with van der Waals surface area (Å²) in [6, 6.07) is 21.4. The van der Waals surface area contributed by atoms with E-state index in [0.29, 0.717) is 0 Å². The number of benzene rings is 2. The third-order valence-corrected chi connectivity index (χ3v) is 5.12. The number of fused-ring (bicyclic) bond motifs is 1. The van der Waals surface area contributed by atoms with Gasteiger partial charge in [0.1, 0.15) is 0 Å². The summed E-state index contributed by atoms with van der Waals surface area (Å²) in [6.45, 7) is 5.68. The number of piperazine rings is 1. The number of para-hydroxylation sites is 1. The first kappa shape index (κ1) is 16.1. The van der Waals surface area contributed by atoms with E-state index in [4.69, 9.17) is 0 Å². The van der Waals surface area contributed by atoms with Gasteiger partial charge in [-0.1, -0.05) is 48.5 Å². The predicted molar refractivity (Wildman–Crippen MR) is 105 cm³/mol. The van der Waals surface area contributed by atoms with Crippen molar-refractivity contribution in [3.05, 3.63) is 72.4 Å². The average Bonchev–Trinajstić information content (AvgIpc) is 2.69. The minimum Gasteiger partial charge on any atom is -0.368 e. The number of rotatable bonds is 5. The van der Waals surface area contributed by atoms with E-state index in [9.17, 15) is 0 Å². The molecule has 3 aromatic rings. The summed E-state index contributed by atoms with van der Waals surface area (Å²) >= 11 is 0. The van der Waals surface area contributed by atoms with Crippen LogP contribution in [0.5, 0.6) is 0 Å². The van der Waals surface area contributed by atoms with Crippen molar-refractivity contribution >= 4 is 16.6 Å². The number of aromatic nitrogens is 1. The molecule has 4 rings (SSSR count). The second-order valence-electron chi connectivity index (χ2n) is 6.77. The van der Waals surface area contributed by atoms with Crippen LogP contribution >= 0.6 is 0 Å². The molecular formula is C22H25N3. The molecule has 128 valence electrons. The van der Waals surface area contributed by atoms with Crippen molar-refractivity contribution in [3.8, 4) is 0 Å². The molecule has 3 nitrogen and oxygen atoms in total. The maximum atomic E-state index is 4.48. The van der Waals surface area contributed by atoms with Crippen LogP contribution in [0.2, 0.25) is 0 Å². The van der Waals surface area contributed by atoms with Gasteiger partial charge in [-0.3, -0.25) is 9.88 Å². The van der Waals surface area contributed by atoms with E-state index in [-0.39, 0.29) is 0 Å². The molecular weight excluding hydrogens is 306 g/mol. The van der Waals surface area contributed by atoms with Crippen molar-refractivity contribution in [2.24, 2.45) is 0 Å². The molecule has 3 heteroatoms. The summed E-state index contributed by atoms with van der Waals surface area (Å²) < 4.78 is 0. The third-order valence-electron chi connectivity index (χ3n) is 5.12. The Morgan fingerprint density at radius 2 is 1.56 bits per heavy atom. The summed E-state index contributed by atoms with van der Waals surface area (Å²) in [5.74, 6) is 0. The lowest BCUT2D eigenvalue weighted by Gasteiger charge is -2.36. The zero-order valence-corrected chi connectivity index (χ0v) is 14.6. The monoisotopic (exact) mass is 331 g/mol. The van der Waals surface area contributed by atoms with Crippen LogP contribution in [-0.4, -0.2) is 42.6 Å². The van der Waals surface area contributed by atoms with E-state index in [1.807, 2.05) is 6.20 Å². The topological polar surface area (TPSA) is 19.4 Å². The van der Waals surface area contributed by atoms with Gasteiger partial charge in [0.25, 0.3) is 0 Å². The van der Waals surface area contributed by atoms with Gasteiger partial charge >= 0.3 is 0 Å². The van der Waals surface area contributed by atoms with Crippen LogP contribution in [0.1, 0.15) is 12.0 Å². The molecule has 25 heavy (non-hydrogen) atoms. The molecule has 0 radical (unpaired) electrons. The zero-order valence-electron chi connectivity index (χ0n) is 14.6. The third kappa shape index (κ3) is 3.83. The van der Waals surface area contributed by atoms with Gasteiger partial charge in [0.15, 0.2) is 0 Å². The minimum absolute atomic E-state index is 1.09. The molecule has 0 N–H and O–H groups in total. The molecule has 0 aliphatic carbocycles. The van der Waals surface area contributed by atoms with Crippen molar-refractivity contribution in [2.45, 2.75) is 12.8 Å². The van der Waals surface area contributed by atoms with E-state index in [2.05, 4.69) is 75.4 Å². The van der Waals surface area contributed by atoms with Gasteiger partial charge in [0.05, 0.1) is 5.52 Å². The van der Waals surface area contributed by atoms with Crippen molar-refractivity contribution in [2.75, 3.05) is 37.6 Å². The molecule has 0 saturated carbocycles. The molecule has 0 spiro atoms. The Balaban J connectivity index is 1.32. The predicted octanol–water partition coefficient (Wildman–Crippen LogP) is 3.99. The van der Waals surface area contributed by atoms with Crippen LogP contribution < -0.4 is 4.90 Å². The Morgan fingerprint density at radius 1 is 0.800 bits per heavy atom. The standard InChI is InChI=1S/C22H25N3/c1-2-7-19(8-3-1)9-6-14-24-15-17-25(18-16-24)22-12-13-23-21-11-5-4-10-20(21)22/h1-5,7-8,10-13H,6,9,14-18H2. The van der Waals surface area contributed by atoms with Crippen LogP contribution in [0.4, 0.5) is 5.69 Å². The van der Waals surface area contributed by atoms with Crippen LogP contribution in [0.25, 0.3) is 10.9 Å². The van der Waals surface area contributed by atoms with E-state index in [1.165, 1.54) is 36.0 Å². The van der Waals surface area contributed by atoms with Gasteiger partial charge in [-0.05, 0) is 37.1 Å². The van der Waals surface area contributed by atoms with Crippen LogP contribution in [0, 0.1) is 0 Å². The van der Waals surface area contributed by atoms with Crippen LogP contribution in [-0.2, 0) is 6.42 Å². The van der Waals surface area contributed by atoms with Crippen molar-refractivity contribution in [1.82, 2.24) is 9.88 Å². The largest absolute Gasteiger partial charge is 0.368 e. The minimum atomic E-state index is 1.09. The smallest absolute Gasteiger partial charge is 0.0722 e. The van der Waals surface area contributed by atoms with Gasteiger partial charge in [-0.15, -0.1) is 0 Å². The molecule has 1 aromatic heterocycles. The van der Waals surface area contributed by atoms with E-state index < -0.39 is 0 Å². The fourth-order valence-electron chi connectivity index (χ4n) is 3.72. The number of anilines is 1. The number of aryl methyl sites for hydroxylation is 1. The van der Waals surface area contributed by atoms with Crippen LogP contribution in [0.15, 0.2) is 66.9 Å². The maximum Gasteiger partial charge on any atom is 0.0722 e. The summed E-state index contributed by atoms with van der Waals surface area (Å²) in [7, 11) is 0. The van der Waals surface area contributed by atoms with Gasteiger partial charge in [0, 0.05) is 43.4 Å². The molecule has 1 saturated heterocycles. The summed E-state index contributed by atoms with van der Waals surface area (Å²) in [5.41, 5.74) is 3.87. The number of pyridine rings is 1. The molecule has 0 amide bonds. The Bertz CT molecular complexity index is 802. The number of hydrogen-bond acceptors (Lipinski definition) is 3. The molecule has 0 atom stereocenters. The second kappa shape index (κ2) is 7.66. The van der Waals surface area contributed by atoms with E-state index in [0.717, 1.165) is 31.7 Å². The molecule has 1 fully saturated rings. The molecule has 0 bridgehead atoms.